The van der Waals surface area contributed by atoms with E-state index in [-0.39, 0.29) is 18.1 Å². The Morgan fingerprint density at radius 3 is 2.29 bits per heavy atom. The van der Waals surface area contributed by atoms with Crippen LogP contribution in [0.15, 0.2) is 0 Å². The predicted octanol–water partition coefficient (Wildman–Crippen LogP) is 2.35. The first kappa shape index (κ1) is 13.3. The molecule has 100 valence electrons. The van der Waals surface area contributed by atoms with Crippen molar-refractivity contribution in [2.45, 2.75) is 52.0 Å². The number of rotatable bonds is 4. The fourth-order valence-corrected chi connectivity index (χ4v) is 4.71. The zero-order chi connectivity index (χ0) is 12.5. The second-order valence-corrected chi connectivity index (χ2v) is 6.58. The van der Waals surface area contributed by atoms with Crippen molar-refractivity contribution in [1.82, 2.24) is 5.48 Å². The third-order valence-corrected chi connectivity index (χ3v) is 4.86. The Morgan fingerprint density at radius 1 is 1.24 bits per heavy atom. The van der Waals surface area contributed by atoms with E-state index in [1.165, 1.54) is 32.1 Å². The van der Waals surface area contributed by atoms with Crippen LogP contribution in [0.2, 0.25) is 0 Å². The smallest absolute Gasteiger partial charge is 0.0613 e. The summed E-state index contributed by atoms with van der Waals surface area (Å²) >= 11 is 0. The van der Waals surface area contributed by atoms with Crippen LogP contribution in [0.3, 0.4) is 0 Å². The summed E-state index contributed by atoms with van der Waals surface area (Å²) in [6.07, 6.45) is 6.47. The summed E-state index contributed by atoms with van der Waals surface area (Å²) in [6.45, 7) is 4.90. The van der Waals surface area contributed by atoms with Crippen molar-refractivity contribution in [3.8, 4) is 0 Å². The molecule has 0 spiro atoms. The lowest BCUT2D eigenvalue weighted by Crippen LogP contribution is -2.53. The molecule has 3 atom stereocenters. The largest absolute Gasteiger partial charge is 0.395 e. The second-order valence-electron chi connectivity index (χ2n) is 6.58. The molecular weight excluding hydrogens is 214 g/mol. The average Bonchev–Trinajstić information content (AvgIpc) is 2.23. The summed E-state index contributed by atoms with van der Waals surface area (Å²) in [5.74, 6) is 2.43. The van der Waals surface area contributed by atoms with E-state index in [2.05, 4.69) is 19.3 Å². The predicted molar refractivity (Wildman–Crippen MR) is 68.4 cm³/mol. The summed E-state index contributed by atoms with van der Waals surface area (Å²) in [6, 6.07) is 0.0977. The molecule has 2 rings (SSSR count). The fraction of sp³-hybridized carbons (Fsp3) is 1.00. The first-order valence-electron chi connectivity index (χ1n) is 6.99. The molecule has 0 aromatic rings. The zero-order valence-corrected chi connectivity index (χ0v) is 11.4. The van der Waals surface area contributed by atoms with Crippen LogP contribution in [-0.4, -0.2) is 24.9 Å². The summed E-state index contributed by atoms with van der Waals surface area (Å²) in [5, 5.41) is 9.65. The Labute approximate surface area is 105 Å². The standard InChI is InChI=1S/C14H27NO2/c1-10-4-12-5-11(2)7-14(6-10,8-12)13(9-16)15-17-3/h10-13,15-16H,4-9H2,1-3H3. The molecule has 3 unspecified atom stereocenters. The van der Waals surface area contributed by atoms with E-state index in [0.29, 0.717) is 0 Å². The lowest BCUT2D eigenvalue weighted by Gasteiger charge is -2.53. The van der Waals surface area contributed by atoms with Gasteiger partial charge in [0, 0.05) is 0 Å². The highest BCUT2D eigenvalue weighted by Gasteiger charge is 2.48. The second kappa shape index (κ2) is 5.25. The number of fused-ring (bicyclic) bond motifs is 2. The Balaban J connectivity index is 2.18. The van der Waals surface area contributed by atoms with E-state index in [4.69, 9.17) is 4.84 Å². The van der Waals surface area contributed by atoms with E-state index in [9.17, 15) is 5.11 Å². The van der Waals surface area contributed by atoms with Gasteiger partial charge in [0.15, 0.2) is 0 Å². The Morgan fingerprint density at radius 2 is 1.82 bits per heavy atom. The van der Waals surface area contributed by atoms with E-state index in [0.717, 1.165) is 17.8 Å². The third-order valence-electron chi connectivity index (χ3n) is 4.86. The SMILES string of the molecule is CONC(CO)C12CC(C)CC(CC(C)C1)C2. The van der Waals surface area contributed by atoms with Gasteiger partial charge in [-0.1, -0.05) is 13.8 Å². The van der Waals surface area contributed by atoms with Crippen LogP contribution < -0.4 is 5.48 Å². The van der Waals surface area contributed by atoms with Gasteiger partial charge < -0.3 is 9.94 Å². The van der Waals surface area contributed by atoms with Crippen LogP contribution in [0.5, 0.6) is 0 Å². The molecule has 2 bridgehead atoms. The van der Waals surface area contributed by atoms with Crippen LogP contribution in [0, 0.1) is 23.2 Å². The highest BCUT2D eigenvalue weighted by atomic mass is 16.6. The minimum absolute atomic E-state index is 0.0977. The minimum Gasteiger partial charge on any atom is -0.395 e. The van der Waals surface area contributed by atoms with Crippen molar-refractivity contribution in [1.29, 1.82) is 0 Å². The summed E-state index contributed by atoms with van der Waals surface area (Å²) < 4.78 is 0. The van der Waals surface area contributed by atoms with Crippen molar-refractivity contribution in [3.05, 3.63) is 0 Å². The van der Waals surface area contributed by atoms with Gasteiger partial charge in [-0.15, -0.1) is 0 Å². The number of hydrogen-bond acceptors (Lipinski definition) is 3. The molecule has 0 saturated heterocycles. The first-order chi connectivity index (χ1) is 8.09. The van der Waals surface area contributed by atoms with E-state index < -0.39 is 0 Å². The van der Waals surface area contributed by atoms with Gasteiger partial charge >= 0.3 is 0 Å². The van der Waals surface area contributed by atoms with Crippen molar-refractivity contribution in [2.75, 3.05) is 13.7 Å². The normalized spacial score (nSPS) is 43.4. The molecule has 3 heteroatoms. The lowest BCUT2D eigenvalue weighted by atomic mass is 9.54. The summed E-state index contributed by atoms with van der Waals surface area (Å²) in [5.41, 5.74) is 3.29. The van der Waals surface area contributed by atoms with Crippen LogP contribution in [0.25, 0.3) is 0 Å². The minimum atomic E-state index is 0.0977. The van der Waals surface area contributed by atoms with Crippen molar-refractivity contribution in [2.24, 2.45) is 23.2 Å². The number of hydrogen-bond donors (Lipinski definition) is 2. The van der Waals surface area contributed by atoms with E-state index >= 15 is 0 Å². The van der Waals surface area contributed by atoms with Gasteiger partial charge in [0.05, 0.1) is 19.8 Å². The van der Waals surface area contributed by atoms with Crippen LogP contribution in [0.1, 0.15) is 46.0 Å². The molecule has 2 aliphatic rings. The number of hydroxylamine groups is 1. The van der Waals surface area contributed by atoms with Crippen molar-refractivity contribution in [3.63, 3.8) is 0 Å². The van der Waals surface area contributed by atoms with Gasteiger partial charge in [0.1, 0.15) is 0 Å². The van der Waals surface area contributed by atoms with Gasteiger partial charge in [-0.2, -0.15) is 5.48 Å². The highest BCUT2D eigenvalue weighted by molar-refractivity contribution is 5.00. The molecule has 0 amide bonds. The van der Waals surface area contributed by atoms with Crippen LogP contribution >= 0.6 is 0 Å². The van der Waals surface area contributed by atoms with Gasteiger partial charge in [0.2, 0.25) is 0 Å². The lowest BCUT2D eigenvalue weighted by molar-refractivity contribution is -0.0780. The molecule has 3 nitrogen and oxygen atoms in total. The number of aliphatic hydroxyl groups excluding tert-OH is 1. The molecule has 2 fully saturated rings. The van der Waals surface area contributed by atoms with Gasteiger partial charge in [0.25, 0.3) is 0 Å². The maximum Gasteiger partial charge on any atom is 0.0613 e. The molecule has 0 radical (unpaired) electrons. The molecule has 17 heavy (non-hydrogen) atoms. The fourth-order valence-electron chi connectivity index (χ4n) is 4.71. The van der Waals surface area contributed by atoms with Gasteiger partial charge in [-0.25, -0.2) is 0 Å². The molecule has 2 N–H and O–H groups in total. The topological polar surface area (TPSA) is 41.5 Å². The molecule has 0 aromatic heterocycles. The maximum atomic E-state index is 9.65. The average molecular weight is 241 g/mol. The Kier molecular flexibility index (Phi) is 4.11. The molecule has 2 saturated carbocycles. The van der Waals surface area contributed by atoms with Crippen molar-refractivity contribution < 1.29 is 9.94 Å². The van der Waals surface area contributed by atoms with Crippen molar-refractivity contribution >= 4 is 0 Å². The number of aliphatic hydroxyl groups is 1. The number of nitrogens with one attached hydrogen (secondary N) is 1. The Hall–Kier alpha value is -0.120. The summed E-state index contributed by atoms with van der Waals surface area (Å²) in [4.78, 5) is 5.09. The van der Waals surface area contributed by atoms with E-state index in [1.54, 1.807) is 7.11 Å². The summed E-state index contributed by atoms with van der Waals surface area (Å²) in [7, 11) is 1.65. The molecule has 2 aliphatic carbocycles. The molecule has 0 aromatic carbocycles. The van der Waals surface area contributed by atoms with Crippen LogP contribution in [-0.2, 0) is 4.84 Å². The molecule has 0 heterocycles. The first-order valence-corrected chi connectivity index (χ1v) is 6.99. The molecule has 0 aliphatic heterocycles. The monoisotopic (exact) mass is 241 g/mol. The molecular formula is C14H27NO2. The van der Waals surface area contributed by atoms with Gasteiger partial charge in [-0.3, -0.25) is 0 Å². The van der Waals surface area contributed by atoms with Gasteiger partial charge in [-0.05, 0) is 55.3 Å². The highest BCUT2D eigenvalue weighted by Crippen LogP contribution is 2.54. The third kappa shape index (κ3) is 2.67. The Bertz CT molecular complexity index is 237. The maximum absolute atomic E-state index is 9.65. The van der Waals surface area contributed by atoms with E-state index in [1.807, 2.05) is 0 Å². The zero-order valence-electron chi connectivity index (χ0n) is 11.4. The van der Waals surface area contributed by atoms with Crippen LogP contribution in [0.4, 0.5) is 0 Å². The quantitative estimate of drug-likeness (QED) is 0.742.